The number of benzene rings is 1. The van der Waals surface area contributed by atoms with Crippen molar-refractivity contribution < 1.29 is 9.59 Å². The first-order valence-electron chi connectivity index (χ1n) is 8.48. The first-order valence-corrected chi connectivity index (χ1v) is 8.48. The number of likely N-dealkylation sites (tertiary alicyclic amines) is 1. The molecule has 2 aromatic rings. The van der Waals surface area contributed by atoms with Crippen molar-refractivity contribution in [1.82, 2.24) is 19.8 Å². The summed E-state index contributed by atoms with van der Waals surface area (Å²) in [6.45, 7) is 1.45. The molecule has 2 amide bonds. The zero-order chi connectivity index (χ0) is 17.5. The largest absolute Gasteiger partial charge is 0.343 e. The molecule has 1 aliphatic rings. The number of nitrogens with one attached hydrogen (secondary N) is 1. The Balaban J connectivity index is 1.41. The number of carbonyl (C=O) groups is 2. The zero-order valence-corrected chi connectivity index (χ0v) is 14.0. The van der Waals surface area contributed by atoms with Crippen LogP contribution in [0, 0.1) is 0 Å². The second-order valence-electron chi connectivity index (χ2n) is 6.08. The van der Waals surface area contributed by atoms with Gasteiger partial charge in [-0.15, -0.1) is 0 Å². The van der Waals surface area contributed by atoms with E-state index < -0.39 is 0 Å². The Morgan fingerprint density at radius 1 is 1.20 bits per heavy atom. The van der Waals surface area contributed by atoms with E-state index in [0.29, 0.717) is 19.1 Å². The molecule has 0 unspecified atom stereocenters. The Morgan fingerprint density at radius 2 is 1.96 bits per heavy atom. The molecule has 1 saturated heterocycles. The molecule has 0 atom stereocenters. The lowest BCUT2D eigenvalue weighted by molar-refractivity contribution is -0.133. The van der Waals surface area contributed by atoms with Crippen molar-refractivity contribution in [2.75, 3.05) is 19.6 Å². The molecule has 1 aromatic carbocycles. The molecule has 0 spiro atoms. The summed E-state index contributed by atoms with van der Waals surface area (Å²) >= 11 is 0. The van der Waals surface area contributed by atoms with Crippen LogP contribution in [0.4, 0.5) is 0 Å². The third-order valence-electron chi connectivity index (χ3n) is 4.40. The van der Waals surface area contributed by atoms with Gasteiger partial charge in [0.15, 0.2) is 0 Å². The number of hydrogen-bond acceptors (Lipinski definition) is 3. The Bertz CT molecular complexity index is 717. The summed E-state index contributed by atoms with van der Waals surface area (Å²) in [6, 6.07) is 9.98. The highest BCUT2D eigenvalue weighted by Gasteiger charge is 2.23. The number of amides is 2. The molecule has 1 N–H and O–H groups in total. The topological polar surface area (TPSA) is 67.2 Å². The number of carbonyl (C=O) groups excluding carboxylic acids is 2. The quantitative estimate of drug-likeness (QED) is 0.847. The van der Waals surface area contributed by atoms with Crippen LogP contribution in [0.5, 0.6) is 0 Å². The van der Waals surface area contributed by atoms with Crippen molar-refractivity contribution in [3.63, 3.8) is 0 Å². The molecule has 0 aliphatic carbocycles. The Hall–Kier alpha value is -2.89. The van der Waals surface area contributed by atoms with Gasteiger partial charge in [-0.1, -0.05) is 30.3 Å². The van der Waals surface area contributed by atoms with E-state index >= 15 is 0 Å². The minimum absolute atomic E-state index is 0.0354. The molecule has 0 bridgehead atoms. The molecule has 1 fully saturated rings. The van der Waals surface area contributed by atoms with E-state index in [1.165, 1.54) is 6.08 Å². The molecule has 0 saturated carbocycles. The molecular formula is C19H22N4O2. The first kappa shape index (κ1) is 17.0. The fourth-order valence-electron chi connectivity index (χ4n) is 2.97. The van der Waals surface area contributed by atoms with E-state index in [9.17, 15) is 9.59 Å². The van der Waals surface area contributed by atoms with E-state index in [4.69, 9.17) is 0 Å². The molecule has 25 heavy (non-hydrogen) atoms. The van der Waals surface area contributed by atoms with Gasteiger partial charge in [-0.05, 0) is 24.5 Å². The maximum atomic E-state index is 12.2. The fraction of sp³-hybridized carbons (Fsp3) is 0.316. The lowest BCUT2D eigenvalue weighted by atomic mass is 10.0. The maximum absolute atomic E-state index is 12.2. The van der Waals surface area contributed by atoms with Crippen molar-refractivity contribution in [2.45, 2.75) is 18.9 Å². The summed E-state index contributed by atoms with van der Waals surface area (Å²) in [7, 11) is 0. The number of rotatable bonds is 5. The minimum atomic E-state index is -0.259. The van der Waals surface area contributed by atoms with Gasteiger partial charge in [0.2, 0.25) is 11.8 Å². The van der Waals surface area contributed by atoms with Crippen molar-refractivity contribution in [3.8, 4) is 0 Å². The maximum Gasteiger partial charge on any atom is 0.244 e. The molecule has 3 rings (SSSR count). The number of nitrogens with zero attached hydrogens (tertiary/aromatic N) is 3. The van der Waals surface area contributed by atoms with Crippen LogP contribution in [0.1, 0.15) is 24.4 Å². The number of hydrogen-bond donors (Lipinski definition) is 1. The highest BCUT2D eigenvalue weighted by atomic mass is 16.2. The smallest absolute Gasteiger partial charge is 0.244 e. The molecule has 130 valence electrons. The average molecular weight is 338 g/mol. The van der Waals surface area contributed by atoms with Crippen molar-refractivity contribution >= 4 is 17.9 Å². The summed E-state index contributed by atoms with van der Waals surface area (Å²) in [5, 5.41) is 2.66. The van der Waals surface area contributed by atoms with Crippen molar-refractivity contribution in [1.29, 1.82) is 0 Å². The third kappa shape index (κ3) is 4.79. The Labute approximate surface area is 147 Å². The van der Waals surface area contributed by atoms with Crippen LogP contribution in [0.2, 0.25) is 0 Å². The van der Waals surface area contributed by atoms with E-state index in [1.807, 2.05) is 47.8 Å². The Morgan fingerprint density at radius 3 is 2.64 bits per heavy atom. The molecule has 2 heterocycles. The van der Waals surface area contributed by atoms with Gasteiger partial charge in [-0.25, -0.2) is 4.98 Å². The van der Waals surface area contributed by atoms with Gasteiger partial charge < -0.3 is 14.8 Å². The van der Waals surface area contributed by atoms with E-state index in [1.54, 1.807) is 12.3 Å². The standard InChI is InChI=1S/C19H22N4O2/c24-18(7-6-16-4-2-1-3-5-16)21-14-19(25)22-11-8-17(9-12-22)23-13-10-20-15-23/h1-7,10,13,15,17H,8-9,11-12,14H2,(H,21,24). The van der Waals surface area contributed by atoms with Gasteiger partial charge in [0, 0.05) is 37.6 Å². The van der Waals surface area contributed by atoms with Gasteiger partial charge >= 0.3 is 0 Å². The molecule has 0 radical (unpaired) electrons. The van der Waals surface area contributed by atoms with Crippen molar-refractivity contribution in [2.24, 2.45) is 0 Å². The number of piperidine rings is 1. The van der Waals surface area contributed by atoms with Crippen molar-refractivity contribution in [3.05, 3.63) is 60.7 Å². The van der Waals surface area contributed by atoms with Crippen LogP contribution in [-0.2, 0) is 9.59 Å². The summed E-state index contributed by atoms with van der Waals surface area (Å²) < 4.78 is 2.10. The van der Waals surface area contributed by atoms with Crippen LogP contribution >= 0.6 is 0 Å². The summed E-state index contributed by atoms with van der Waals surface area (Å²) in [5.41, 5.74) is 0.950. The highest BCUT2D eigenvalue weighted by molar-refractivity contribution is 5.94. The van der Waals surface area contributed by atoms with E-state index in [0.717, 1.165) is 18.4 Å². The predicted octanol–water partition coefficient (Wildman–Crippen LogP) is 1.88. The van der Waals surface area contributed by atoms with Gasteiger partial charge in [-0.3, -0.25) is 9.59 Å². The van der Waals surface area contributed by atoms with Crippen LogP contribution in [0.15, 0.2) is 55.1 Å². The monoisotopic (exact) mass is 338 g/mol. The molecule has 6 heteroatoms. The molecular weight excluding hydrogens is 316 g/mol. The summed E-state index contributed by atoms with van der Waals surface area (Å²) in [5.74, 6) is -0.295. The summed E-state index contributed by atoms with van der Waals surface area (Å²) in [4.78, 5) is 30.0. The normalized spacial score (nSPS) is 15.4. The SMILES string of the molecule is O=C(C=Cc1ccccc1)NCC(=O)N1CCC(n2ccnc2)CC1. The second kappa shape index (κ2) is 8.28. The lowest BCUT2D eigenvalue weighted by Gasteiger charge is -2.32. The van der Waals surface area contributed by atoms with Crippen LogP contribution in [-0.4, -0.2) is 45.9 Å². The first-order chi connectivity index (χ1) is 12.2. The van der Waals surface area contributed by atoms with Gasteiger partial charge in [0.25, 0.3) is 0 Å². The van der Waals surface area contributed by atoms with Gasteiger partial charge in [0.1, 0.15) is 0 Å². The van der Waals surface area contributed by atoms with Crippen LogP contribution in [0.25, 0.3) is 6.08 Å². The second-order valence-corrected chi connectivity index (χ2v) is 6.08. The average Bonchev–Trinajstić information content (AvgIpc) is 3.20. The zero-order valence-electron chi connectivity index (χ0n) is 14.0. The predicted molar refractivity (Wildman–Crippen MR) is 95.6 cm³/mol. The van der Waals surface area contributed by atoms with E-state index in [-0.39, 0.29) is 18.4 Å². The number of aromatic nitrogens is 2. The van der Waals surface area contributed by atoms with Crippen LogP contribution < -0.4 is 5.32 Å². The van der Waals surface area contributed by atoms with E-state index in [2.05, 4.69) is 14.9 Å². The molecule has 1 aromatic heterocycles. The van der Waals surface area contributed by atoms with Crippen LogP contribution in [0.3, 0.4) is 0 Å². The molecule has 1 aliphatic heterocycles. The lowest BCUT2D eigenvalue weighted by Crippen LogP contribution is -2.44. The fourth-order valence-corrected chi connectivity index (χ4v) is 2.97. The number of imidazole rings is 1. The highest BCUT2D eigenvalue weighted by Crippen LogP contribution is 2.21. The minimum Gasteiger partial charge on any atom is -0.343 e. The van der Waals surface area contributed by atoms with Gasteiger partial charge in [0.05, 0.1) is 12.9 Å². The van der Waals surface area contributed by atoms with Gasteiger partial charge in [-0.2, -0.15) is 0 Å². The molecule has 6 nitrogen and oxygen atoms in total. The summed E-state index contributed by atoms with van der Waals surface area (Å²) in [6.07, 6.45) is 10.6. The third-order valence-corrected chi connectivity index (χ3v) is 4.40. The Kier molecular flexibility index (Phi) is 5.61.